The molecule has 0 atom stereocenters. The van der Waals surface area contributed by atoms with Gasteiger partial charge in [0, 0.05) is 38.3 Å². The van der Waals surface area contributed by atoms with E-state index in [9.17, 15) is 13.2 Å². The summed E-state index contributed by atoms with van der Waals surface area (Å²) in [5.74, 6) is -4.98. The average Bonchev–Trinajstić information content (AvgIpc) is 1.82. The van der Waals surface area contributed by atoms with Crippen molar-refractivity contribution in [3.05, 3.63) is 29.6 Å². The molecular weight excluding hydrogens is 236 g/mol. The summed E-state index contributed by atoms with van der Waals surface area (Å²) in [6.45, 7) is 0. The summed E-state index contributed by atoms with van der Waals surface area (Å²) in [7, 11) is 0. The molecule has 0 spiro atoms. The minimum absolute atomic E-state index is 0. The van der Waals surface area contributed by atoms with Crippen molar-refractivity contribution >= 4 is 0 Å². The van der Waals surface area contributed by atoms with Crippen molar-refractivity contribution in [2.45, 2.75) is 0 Å². The van der Waals surface area contributed by atoms with E-state index in [0.29, 0.717) is 12.1 Å². The van der Waals surface area contributed by atoms with Gasteiger partial charge in [-0.1, -0.05) is 0 Å². The van der Waals surface area contributed by atoms with E-state index in [1.165, 1.54) is 0 Å². The first-order valence-corrected chi connectivity index (χ1v) is 2.45. The molecule has 0 heterocycles. The van der Waals surface area contributed by atoms with Gasteiger partial charge in [-0.15, -0.1) is 0 Å². The predicted octanol–water partition coefficient (Wildman–Crippen LogP) is 1.81. The molecule has 0 aromatic heterocycles. The second kappa shape index (κ2) is 3.91. The van der Waals surface area contributed by atoms with Crippen molar-refractivity contribution in [2.24, 2.45) is 0 Å². The molecule has 0 aliphatic carbocycles. The molecule has 0 aliphatic heterocycles. The van der Waals surface area contributed by atoms with Gasteiger partial charge in [-0.05, 0) is 0 Å². The SMILES string of the molecule is Oc1cc(F)c(F)c(F)c1.[Zr]. The third-order valence-electron chi connectivity index (χ3n) is 0.969. The largest absolute Gasteiger partial charge is 0.508 e. The Morgan fingerprint density at radius 2 is 1.36 bits per heavy atom. The fourth-order valence-corrected chi connectivity index (χ4v) is 0.542. The van der Waals surface area contributed by atoms with Gasteiger partial charge in [0.2, 0.25) is 0 Å². The number of hydrogen-bond acceptors (Lipinski definition) is 1. The molecule has 58 valence electrons. The zero-order valence-electron chi connectivity index (χ0n) is 5.24. The van der Waals surface area contributed by atoms with Crippen molar-refractivity contribution in [3.63, 3.8) is 0 Å². The maximum Gasteiger partial charge on any atom is 0.194 e. The van der Waals surface area contributed by atoms with Crippen LogP contribution in [0, 0.1) is 17.5 Å². The zero-order valence-corrected chi connectivity index (χ0v) is 7.69. The van der Waals surface area contributed by atoms with Crippen molar-refractivity contribution in [2.75, 3.05) is 0 Å². The summed E-state index contributed by atoms with van der Waals surface area (Å²) in [4.78, 5) is 0. The molecule has 0 saturated heterocycles. The number of halogens is 3. The van der Waals surface area contributed by atoms with E-state index in [0.717, 1.165) is 0 Å². The normalized spacial score (nSPS) is 9.00. The maximum atomic E-state index is 12.1. The Kier molecular flexibility index (Phi) is 3.80. The molecule has 1 aromatic rings. The Morgan fingerprint density at radius 3 is 1.73 bits per heavy atom. The van der Waals surface area contributed by atoms with Crippen LogP contribution in [0.1, 0.15) is 0 Å². The van der Waals surface area contributed by atoms with Crippen LogP contribution in [0.15, 0.2) is 12.1 Å². The summed E-state index contributed by atoms with van der Waals surface area (Å²) in [5, 5.41) is 8.47. The molecule has 5 heteroatoms. The van der Waals surface area contributed by atoms with Crippen molar-refractivity contribution in [3.8, 4) is 5.75 Å². The van der Waals surface area contributed by atoms with Gasteiger partial charge in [-0.2, -0.15) is 0 Å². The van der Waals surface area contributed by atoms with Gasteiger partial charge in [0.25, 0.3) is 0 Å². The van der Waals surface area contributed by atoms with Crippen molar-refractivity contribution in [1.82, 2.24) is 0 Å². The second-order valence-electron chi connectivity index (χ2n) is 1.72. The third-order valence-corrected chi connectivity index (χ3v) is 0.969. The van der Waals surface area contributed by atoms with Gasteiger partial charge >= 0.3 is 0 Å². The topological polar surface area (TPSA) is 20.2 Å². The van der Waals surface area contributed by atoms with Crippen LogP contribution in [0.3, 0.4) is 0 Å². The number of phenolic OH excluding ortho intramolecular Hbond substituents is 1. The molecule has 1 rings (SSSR count). The van der Waals surface area contributed by atoms with Gasteiger partial charge in [0.05, 0.1) is 0 Å². The Labute approximate surface area is 80.0 Å². The predicted molar refractivity (Wildman–Crippen MR) is 28.0 cm³/mol. The molecule has 1 nitrogen and oxygen atoms in total. The van der Waals surface area contributed by atoms with Gasteiger partial charge in [0.15, 0.2) is 17.5 Å². The number of phenols is 1. The van der Waals surface area contributed by atoms with Crippen LogP contribution >= 0.6 is 0 Å². The number of rotatable bonds is 0. The molecule has 0 fully saturated rings. The molecular formula is C6H3F3OZr. The first kappa shape index (κ1) is 10.7. The Morgan fingerprint density at radius 1 is 1.00 bits per heavy atom. The molecule has 1 aromatic carbocycles. The monoisotopic (exact) mass is 238 g/mol. The Hall–Kier alpha value is -0.307. The minimum atomic E-state index is -1.57. The van der Waals surface area contributed by atoms with Gasteiger partial charge in [-0.25, -0.2) is 13.2 Å². The fourth-order valence-electron chi connectivity index (χ4n) is 0.542. The van der Waals surface area contributed by atoms with Crippen LogP contribution in [-0.2, 0) is 26.2 Å². The van der Waals surface area contributed by atoms with E-state index in [1.807, 2.05) is 0 Å². The van der Waals surface area contributed by atoms with Crippen LogP contribution in [0.2, 0.25) is 0 Å². The number of benzene rings is 1. The van der Waals surface area contributed by atoms with Crippen LogP contribution < -0.4 is 0 Å². The molecule has 0 radical (unpaired) electrons. The quantitative estimate of drug-likeness (QED) is 0.685. The standard InChI is InChI=1S/C6H3F3O.Zr/c7-4-1-3(10)2-5(8)6(4)9;/h1-2,10H;. The molecule has 1 N–H and O–H groups in total. The van der Waals surface area contributed by atoms with Gasteiger partial charge in [-0.3, -0.25) is 0 Å². The van der Waals surface area contributed by atoms with E-state index in [4.69, 9.17) is 5.11 Å². The Balaban J connectivity index is 0.000001000. The first-order chi connectivity index (χ1) is 4.61. The minimum Gasteiger partial charge on any atom is -0.508 e. The van der Waals surface area contributed by atoms with E-state index >= 15 is 0 Å². The summed E-state index contributed by atoms with van der Waals surface area (Å²) >= 11 is 0. The van der Waals surface area contributed by atoms with Gasteiger partial charge in [0.1, 0.15) is 5.75 Å². The molecule has 0 saturated carbocycles. The average molecular weight is 239 g/mol. The summed E-state index contributed by atoms with van der Waals surface area (Å²) in [6.07, 6.45) is 0. The molecule has 0 bridgehead atoms. The third kappa shape index (κ3) is 2.33. The summed E-state index contributed by atoms with van der Waals surface area (Å²) < 4.78 is 36.2. The van der Waals surface area contributed by atoms with Gasteiger partial charge < -0.3 is 5.11 Å². The van der Waals surface area contributed by atoms with E-state index in [-0.39, 0.29) is 26.2 Å². The maximum absolute atomic E-state index is 12.1. The fraction of sp³-hybridized carbons (Fsp3) is 0. The van der Waals surface area contributed by atoms with E-state index < -0.39 is 23.2 Å². The van der Waals surface area contributed by atoms with Crippen LogP contribution in [-0.4, -0.2) is 5.11 Å². The molecule has 11 heavy (non-hydrogen) atoms. The first-order valence-electron chi connectivity index (χ1n) is 2.45. The van der Waals surface area contributed by atoms with Crippen molar-refractivity contribution < 1.29 is 44.5 Å². The van der Waals surface area contributed by atoms with E-state index in [1.54, 1.807) is 0 Å². The van der Waals surface area contributed by atoms with Crippen LogP contribution in [0.4, 0.5) is 13.2 Å². The molecule has 0 aliphatic rings. The number of aromatic hydroxyl groups is 1. The second-order valence-corrected chi connectivity index (χ2v) is 1.72. The Bertz CT molecular complexity index is 241. The smallest absolute Gasteiger partial charge is 0.194 e. The summed E-state index contributed by atoms with van der Waals surface area (Å²) in [5.41, 5.74) is 0. The molecule has 0 unspecified atom stereocenters. The summed E-state index contributed by atoms with van der Waals surface area (Å²) in [6, 6.07) is 0.997. The van der Waals surface area contributed by atoms with Crippen LogP contribution in [0.25, 0.3) is 0 Å². The zero-order chi connectivity index (χ0) is 7.72. The van der Waals surface area contributed by atoms with Crippen LogP contribution in [0.5, 0.6) is 5.75 Å². The van der Waals surface area contributed by atoms with E-state index in [2.05, 4.69) is 0 Å². The molecule has 0 amide bonds. The number of hydrogen-bond donors (Lipinski definition) is 1. The van der Waals surface area contributed by atoms with Crippen molar-refractivity contribution in [1.29, 1.82) is 0 Å².